The van der Waals surface area contributed by atoms with Crippen LogP contribution in [0.15, 0.2) is 11.9 Å². The zero-order chi connectivity index (χ0) is 22.6. The summed E-state index contributed by atoms with van der Waals surface area (Å²) in [7, 11) is 0. The zero-order valence-corrected chi connectivity index (χ0v) is 20.2. The van der Waals surface area contributed by atoms with Gasteiger partial charge in [0.15, 0.2) is 0 Å². The van der Waals surface area contributed by atoms with E-state index < -0.39 is 0 Å². The molecule has 0 fully saturated rings. The summed E-state index contributed by atoms with van der Waals surface area (Å²) in [6, 6.07) is 0. The van der Waals surface area contributed by atoms with Crippen LogP contribution in [0.5, 0.6) is 0 Å². The Balaban J connectivity index is 1.93. The second kappa shape index (κ2) is 19.2. The van der Waals surface area contributed by atoms with E-state index in [0.717, 1.165) is 25.7 Å². The van der Waals surface area contributed by atoms with Crippen LogP contribution in [-0.2, 0) is 23.8 Å². The minimum Gasteiger partial charge on any atom is -0.387 e. The van der Waals surface area contributed by atoms with Gasteiger partial charge in [-0.05, 0) is 12.8 Å². The maximum absolute atomic E-state index is 11.8. The Morgan fingerprint density at radius 3 is 1.13 bits per heavy atom. The molecule has 0 bridgehead atoms. The van der Waals surface area contributed by atoms with Crippen LogP contribution >= 0.6 is 0 Å². The lowest BCUT2D eigenvalue weighted by atomic mass is 10.1. The highest BCUT2D eigenvalue weighted by Crippen LogP contribution is 2.29. The SMILES string of the molecule is CCCCCCCCCCCC(=O)OC1=C(OC(=O)CCCCCCCCCCC)O1. The lowest BCUT2D eigenvalue weighted by Gasteiger charge is -2.01. The summed E-state index contributed by atoms with van der Waals surface area (Å²) in [5.74, 6) is -0.520. The minimum atomic E-state index is -0.317. The van der Waals surface area contributed by atoms with Crippen molar-refractivity contribution in [2.45, 2.75) is 142 Å². The van der Waals surface area contributed by atoms with Gasteiger partial charge in [-0.15, -0.1) is 0 Å². The molecule has 0 aromatic heterocycles. The second-order valence-corrected chi connectivity index (χ2v) is 8.78. The average molecular weight is 439 g/mol. The lowest BCUT2D eigenvalue weighted by Crippen LogP contribution is -2.01. The lowest BCUT2D eigenvalue weighted by molar-refractivity contribution is -0.141. The second-order valence-electron chi connectivity index (χ2n) is 8.78. The molecule has 1 heterocycles. The van der Waals surface area contributed by atoms with Crippen LogP contribution in [-0.4, -0.2) is 11.9 Å². The molecule has 5 nitrogen and oxygen atoms in total. The summed E-state index contributed by atoms with van der Waals surface area (Å²) in [4.78, 5) is 23.6. The van der Waals surface area contributed by atoms with Crippen molar-refractivity contribution < 1.29 is 23.8 Å². The molecule has 1 aliphatic heterocycles. The van der Waals surface area contributed by atoms with E-state index in [2.05, 4.69) is 13.8 Å². The first-order chi connectivity index (χ1) is 15.2. The van der Waals surface area contributed by atoms with Gasteiger partial charge in [0, 0.05) is 12.8 Å². The normalized spacial score (nSPS) is 12.6. The van der Waals surface area contributed by atoms with Gasteiger partial charge >= 0.3 is 23.8 Å². The maximum atomic E-state index is 11.8. The predicted octanol–water partition coefficient (Wildman–Crippen LogP) is 8.07. The summed E-state index contributed by atoms with van der Waals surface area (Å²) < 4.78 is 15.2. The fourth-order valence-electron chi connectivity index (χ4n) is 3.65. The molecule has 0 saturated heterocycles. The van der Waals surface area contributed by atoms with Gasteiger partial charge in [-0.1, -0.05) is 117 Å². The van der Waals surface area contributed by atoms with Crippen LogP contribution in [0.1, 0.15) is 142 Å². The van der Waals surface area contributed by atoms with Crippen molar-refractivity contribution in [1.29, 1.82) is 0 Å². The molecule has 0 atom stereocenters. The maximum Gasteiger partial charge on any atom is 0.381 e. The Bertz CT molecular complexity index is 468. The number of rotatable bonds is 22. The van der Waals surface area contributed by atoms with E-state index in [1.165, 1.54) is 89.9 Å². The summed E-state index contributed by atoms with van der Waals surface area (Å²) in [5, 5.41) is 0. The van der Waals surface area contributed by atoms with Crippen LogP contribution < -0.4 is 0 Å². The van der Waals surface area contributed by atoms with Gasteiger partial charge in [0.25, 0.3) is 0 Å². The highest BCUT2D eigenvalue weighted by Gasteiger charge is 2.35. The highest BCUT2D eigenvalue weighted by molar-refractivity contribution is 5.72. The standard InChI is InChI=1S/C26H46O5/c1-3-5-7-9-11-13-15-17-19-21-23(27)29-25-26(31-25)30-24(28)22-20-18-16-14-12-10-8-6-4-2/h3-22H2,1-2H3. The molecule has 1 aliphatic rings. The summed E-state index contributed by atoms with van der Waals surface area (Å²) in [5.41, 5.74) is 0. The molecule has 0 aliphatic carbocycles. The van der Waals surface area contributed by atoms with Crippen LogP contribution in [0.2, 0.25) is 0 Å². The van der Waals surface area contributed by atoms with E-state index >= 15 is 0 Å². The zero-order valence-electron chi connectivity index (χ0n) is 20.2. The molecular weight excluding hydrogens is 392 g/mol. The molecule has 0 spiro atoms. The smallest absolute Gasteiger partial charge is 0.381 e. The Morgan fingerprint density at radius 2 is 0.806 bits per heavy atom. The Kier molecular flexibility index (Phi) is 17.0. The van der Waals surface area contributed by atoms with Gasteiger partial charge in [-0.25, -0.2) is 0 Å². The molecular formula is C26H46O5. The third-order valence-corrected chi connectivity index (χ3v) is 5.69. The topological polar surface area (TPSA) is 65.1 Å². The number of esters is 2. The Labute approximate surface area is 190 Å². The van der Waals surface area contributed by atoms with Crippen molar-refractivity contribution in [3.8, 4) is 0 Å². The third-order valence-electron chi connectivity index (χ3n) is 5.69. The van der Waals surface area contributed by atoms with E-state index in [0.29, 0.717) is 12.8 Å². The molecule has 0 saturated carbocycles. The van der Waals surface area contributed by atoms with Crippen molar-refractivity contribution in [3.05, 3.63) is 11.9 Å². The number of carbonyl (C=O) groups is 2. The molecule has 0 radical (unpaired) electrons. The van der Waals surface area contributed by atoms with Crippen molar-refractivity contribution in [2.24, 2.45) is 0 Å². The summed E-state index contributed by atoms with van der Waals surface area (Å²) in [6.07, 6.45) is 22.4. The number of hydrogen-bond acceptors (Lipinski definition) is 5. The minimum absolute atomic E-state index is 0.0568. The van der Waals surface area contributed by atoms with E-state index in [1.54, 1.807) is 0 Å². The van der Waals surface area contributed by atoms with Crippen molar-refractivity contribution >= 4 is 11.9 Å². The molecule has 5 heteroatoms. The fourth-order valence-corrected chi connectivity index (χ4v) is 3.65. The van der Waals surface area contributed by atoms with Crippen molar-refractivity contribution in [1.82, 2.24) is 0 Å². The highest BCUT2D eigenvalue weighted by atomic mass is 16.8. The van der Waals surface area contributed by atoms with Crippen molar-refractivity contribution in [3.63, 3.8) is 0 Å². The van der Waals surface area contributed by atoms with E-state index in [4.69, 9.17) is 14.2 Å². The average Bonchev–Trinajstić information content (AvgIpc) is 3.47. The van der Waals surface area contributed by atoms with Gasteiger partial charge in [0.2, 0.25) is 0 Å². The van der Waals surface area contributed by atoms with Crippen LogP contribution in [0.25, 0.3) is 0 Å². The number of unbranched alkanes of at least 4 members (excludes halogenated alkanes) is 16. The van der Waals surface area contributed by atoms with E-state index in [1.807, 2.05) is 0 Å². The van der Waals surface area contributed by atoms with Gasteiger partial charge in [0.05, 0.1) is 0 Å². The van der Waals surface area contributed by atoms with E-state index in [9.17, 15) is 9.59 Å². The molecule has 0 N–H and O–H groups in total. The number of ether oxygens (including phenoxy) is 3. The first kappa shape index (κ1) is 27.5. The molecule has 0 aromatic rings. The van der Waals surface area contributed by atoms with E-state index in [-0.39, 0.29) is 23.8 Å². The predicted molar refractivity (Wildman–Crippen MR) is 124 cm³/mol. The monoisotopic (exact) mass is 438 g/mol. The summed E-state index contributed by atoms with van der Waals surface area (Å²) >= 11 is 0. The molecule has 180 valence electrons. The van der Waals surface area contributed by atoms with Gasteiger partial charge in [0.1, 0.15) is 0 Å². The summed E-state index contributed by atoms with van der Waals surface area (Å²) in [6.45, 7) is 4.46. The van der Waals surface area contributed by atoms with Crippen LogP contribution in [0.4, 0.5) is 0 Å². The third kappa shape index (κ3) is 16.8. The molecule has 31 heavy (non-hydrogen) atoms. The first-order valence-electron chi connectivity index (χ1n) is 13.0. The van der Waals surface area contributed by atoms with Gasteiger partial charge in [-0.2, -0.15) is 0 Å². The largest absolute Gasteiger partial charge is 0.387 e. The molecule has 0 unspecified atom stereocenters. The molecule has 0 amide bonds. The Morgan fingerprint density at radius 1 is 0.516 bits per heavy atom. The molecule has 0 aromatic carbocycles. The fraction of sp³-hybridized carbons (Fsp3) is 0.846. The first-order valence-corrected chi connectivity index (χ1v) is 13.0. The quantitative estimate of drug-likeness (QED) is 0.126. The number of carbonyl (C=O) groups excluding carboxylic acids is 2. The van der Waals surface area contributed by atoms with Crippen LogP contribution in [0.3, 0.4) is 0 Å². The molecule has 1 rings (SSSR count). The van der Waals surface area contributed by atoms with Crippen molar-refractivity contribution in [2.75, 3.05) is 0 Å². The number of hydrogen-bond donors (Lipinski definition) is 0. The Hall–Kier alpha value is -1.52. The van der Waals surface area contributed by atoms with Gasteiger partial charge < -0.3 is 14.2 Å². The van der Waals surface area contributed by atoms with Gasteiger partial charge in [-0.3, -0.25) is 9.59 Å². The van der Waals surface area contributed by atoms with Crippen LogP contribution in [0, 0.1) is 0 Å².